The van der Waals surface area contributed by atoms with Gasteiger partial charge in [0.2, 0.25) is 0 Å². The lowest BCUT2D eigenvalue weighted by atomic mass is 10.0. The normalized spacial score (nSPS) is 15.0. The molecular weight excluding hydrogens is 414 g/mol. The molecule has 1 amide bonds. The van der Waals surface area contributed by atoms with Crippen molar-refractivity contribution in [1.29, 1.82) is 0 Å². The Kier molecular flexibility index (Phi) is 5.40. The molecule has 1 N–H and O–H groups in total. The van der Waals surface area contributed by atoms with Crippen molar-refractivity contribution in [2.75, 3.05) is 13.1 Å². The number of aryl methyl sites for hydroxylation is 1. The van der Waals surface area contributed by atoms with Crippen LogP contribution in [0, 0.1) is 6.92 Å². The lowest BCUT2D eigenvalue weighted by molar-refractivity contribution is 0.0693. The van der Waals surface area contributed by atoms with Crippen LogP contribution in [0.3, 0.4) is 0 Å². The minimum Gasteiger partial charge on any atom is -0.338 e. The standard InChI is InChI=1S/C26H29N5O2/c1-17(2)24-21(16-27-31(24)20-10-8-18(3)9-11-20)25(32)29-14-12-19(13-15-29)30-23-7-5-4-6-22(23)28-26(30)33/h4-11,16-17,19H,12-15H2,1-3H3,(H,28,33). The van der Waals surface area contributed by atoms with Gasteiger partial charge in [-0.1, -0.05) is 43.7 Å². The zero-order valence-corrected chi connectivity index (χ0v) is 19.3. The molecular formula is C26H29N5O2. The number of likely N-dealkylation sites (tertiary alicyclic amines) is 1. The second-order valence-corrected chi connectivity index (χ2v) is 9.19. The highest BCUT2D eigenvalue weighted by molar-refractivity contribution is 5.95. The molecule has 0 aliphatic carbocycles. The van der Waals surface area contributed by atoms with Gasteiger partial charge in [0, 0.05) is 19.1 Å². The lowest BCUT2D eigenvalue weighted by Crippen LogP contribution is -2.40. The Morgan fingerprint density at radius 1 is 1.06 bits per heavy atom. The molecule has 3 heterocycles. The fraction of sp³-hybridized carbons (Fsp3) is 0.346. The van der Waals surface area contributed by atoms with E-state index in [0.717, 1.165) is 35.3 Å². The maximum Gasteiger partial charge on any atom is 0.326 e. The second kappa shape index (κ2) is 8.39. The van der Waals surface area contributed by atoms with E-state index in [-0.39, 0.29) is 23.6 Å². The molecule has 170 valence electrons. The number of carbonyl (C=O) groups excluding carboxylic acids is 1. The molecule has 1 saturated heterocycles. The molecule has 1 aliphatic heterocycles. The van der Waals surface area contributed by atoms with Crippen molar-refractivity contribution >= 4 is 16.9 Å². The lowest BCUT2D eigenvalue weighted by Gasteiger charge is -2.32. The Morgan fingerprint density at radius 3 is 2.45 bits per heavy atom. The molecule has 0 atom stereocenters. The SMILES string of the molecule is Cc1ccc(-n2ncc(C(=O)N3CCC(n4c(=O)[nH]c5ccccc54)CC3)c2C(C)C)cc1. The van der Waals surface area contributed by atoms with E-state index in [4.69, 9.17) is 0 Å². The number of para-hydroxylation sites is 2. The van der Waals surface area contributed by atoms with Crippen molar-refractivity contribution in [3.8, 4) is 5.69 Å². The van der Waals surface area contributed by atoms with Crippen LogP contribution in [0.5, 0.6) is 0 Å². The number of carbonyl (C=O) groups is 1. The quantitative estimate of drug-likeness (QED) is 0.507. The molecule has 2 aromatic heterocycles. The van der Waals surface area contributed by atoms with E-state index in [2.05, 4.69) is 43.0 Å². The Bertz CT molecular complexity index is 1350. The summed E-state index contributed by atoms with van der Waals surface area (Å²) < 4.78 is 3.74. The molecule has 0 bridgehead atoms. The molecule has 1 fully saturated rings. The van der Waals surface area contributed by atoms with Crippen LogP contribution in [0.2, 0.25) is 0 Å². The van der Waals surface area contributed by atoms with Crippen molar-refractivity contribution in [2.45, 2.75) is 45.6 Å². The average Bonchev–Trinajstić information content (AvgIpc) is 3.40. The van der Waals surface area contributed by atoms with Gasteiger partial charge in [0.05, 0.1) is 34.2 Å². The summed E-state index contributed by atoms with van der Waals surface area (Å²) in [5.74, 6) is 0.164. The maximum absolute atomic E-state index is 13.5. The van der Waals surface area contributed by atoms with E-state index in [9.17, 15) is 9.59 Å². The Balaban J connectivity index is 1.37. The first-order valence-corrected chi connectivity index (χ1v) is 11.6. The van der Waals surface area contributed by atoms with Crippen molar-refractivity contribution < 1.29 is 4.79 Å². The van der Waals surface area contributed by atoms with Gasteiger partial charge in [-0.25, -0.2) is 9.48 Å². The Labute approximate surface area is 192 Å². The first-order valence-electron chi connectivity index (χ1n) is 11.6. The number of fused-ring (bicyclic) bond motifs is 1. The molecule has 4 aromatic rings. The maximum atomic E-state index is 13.5. The average molecular weight is 444 g/mol. The number of rotatable bonds is 4. The number of nitrogens with one attached hydrogen (secondary N) is 1. The smallest absolute Gasteiger partial charge is 0.326 e. The molecule has 1 aliphatic rings. The third-order valence-electron chi connectivity index (χ3n) is 6.60. The topological polar surface area (TPSA) is 75.9 Å². The van der Waals surface area contributed by atoms with Crippen LogP contribution in [0.4, 0.5) is 0 Å². The first kappa shape index (κ1) is 21.2. The zero-order valence-electron chi connectivity index (χ0n) is 19.3. The summed E-state index contributed by atoms with van der Waals surface area (Å²) in [4.78, 5) is 30.9. The van der Waals surface area contributed by atoms with E-state index in [1.165, 1.54) is 5.56 Å². The Morgan fingerprint density at radius 2 is 1.76 bits per heavy atom. The third kappa shape index (κ3) is 3.77. The highest BCUT2D eigenvalue weighted by atomic mass is 16.2. The van der Waals surface area contributed by atoms with E-state index in [0.29, 0.717) is 18.7 Å². The fourth-order valence-corrected chi connectivity index (χ4v) is 4.90. The molecule has 0 unspecified atom stereocenters. The van der Waals surface area contributed by atoms with Crippen LogP contribution < -0.4 is 5.69 Å². The number of aromatic nitrogens is 4. The number of aromatic amines is 1. The van der Waals surface area contributed by atoms with Gasteiger partial charge in [0.25, 0.3) is 5.91 Å². The third-order valence-corrected chi connectivity index (χ3v) is 6.60. The van der Waals surface area contributed by atoms with Gasteiger partial charge in [0.1, 0.15) is 0 Å². The summed E-state index contributed by atoms with van der Waals surface area (Å²) in [5.41, 5.74) is 5.43. The van der Waals surface area contributed by atoms with Gasteiger partial charge in [-0.15, -0.1) is 0 Å². The highest BCUT2D eigenvalue weighted by Gasteiger charge is 2.29. The highest BCUT2D eigenvalue weighted by Crippen LogP contribution is 2.28. The number of nitrogens with zero attached hydrogens (tertiary/aromatic N) is 4. The van der Waals surface area contributed by atoms with Gasteiger partial charge in [-0.3, -0.25) is 9.36 Å². The largest absolute Gasteiger partial charge is 0.338 e. The van der Waals surface area contributed by atoms with Gasteiger partial charge in [-0.2, -0.15) is 5.10 Å². The molecule has 0 radical (unpaired) electrons. The van der Waals surface area contributed by atoms with Gasteiger partial charge < -0.3 is 9.88 Å². The molecule has 5 rings (SSSR count). The zero-order chi connectivity index (χ0) is 23.1. The van der Waals surface area contributed by atoms with Crippen molar-refractivity contribution in [2.24, 2.45) is 0 Å². The van der Waals surface area contributed by atoms with Gasteiger partial charge in [-0.05, 0) is 49.9 Å². The Hall–Kier alpha value is -3.61. The van der Waals surface area contributed by atoms with E-state index in [1.807, 2.05) is 50.5 Å². The molecule has 0 saturated carbocycles. The van der Waals surface area contributed by atoms with Gasteiger partial charge >= 0.3 is 5.69 Å². The van der Waals surface area contributed by atoms with E-state index >= 15 is 0 Å². The van der Waals surface area contributed by atoms with Crippen LogP contribution in [-0.2, 0) is 0 Å². The van der Waals surface area contributed by atoms with E-state index in [1.54, 1.807) is 6.20 Å². The summed E-state index contributed by atoms with van der Waals surface area (Å²) in [7, 11) is 0. The number of hydrogen-bond donors (Lipinski definition) is 1. The molecule has 33 heavy (non-hydrogen) atoms. The van der Waals surface area contributed by atoms with Crippen LogP contribution in [0.15, 0.2) is 59.5 Å². The minimum absolute atomic E-state index is 0.0155. The first-order chi connectivity index (χ1) is 15.9. The summed E-state index contributed by atoms with van der Waals surface area (Å²) in [6.07, 6.45) is 3.20. The fourth-order valence-electron chi connectivity index (χ4n) is 4.90. The number of hydrogen-bond acceptors (Lipinski definition) is 3. The second-order valence-electron chi connectivity index (χ2n) is 9.19. The monoisotopic (exact) mass is 443 g/mol. The van der Waals surface area contributed by atoms with Crippen LogP contribution in [-0.4, -0.2) is 43.2 Å². The predicted molar refractivity (Wildman–Crippen MR) is 129 cm³/mol. The van der Waals surface area contributed by atoms with Crippen LogP contribution in [0.25, 0.3) is 16.7 Å². The van der Waals surface area contributed by atoms with Crippen molar-refractivity contribution in [3.05, 3.63) is 82.0 Å². The van der Waals surface area contributed by atoms with Gasteiger partial charge in [0.15, 0.2) is 0 Å². The summed E-state index contributed by atoms with van der Waals surface area (Å²) in [6.45, 7) is 7.47. The number of amides is 1. The molecule has 7 nitrogen and oxygen atoms in total. The van der Waals surface area contributed by atoms with E-state index < -0.39 is 0 Å². The number of imidazole rings is 1. The van der Waals surface area contributed by atoms with Crippen molar-refractivity contribution in [1.82, 2.24) is 24.2 Å². The van der Waals surface area contributed by atoms with Crippen molar-refractivity contribution in [3.63, 3.8) is 0 Å². The summed E-state index contributed by atoms with van der Waals surface area (Å²) in [6, 6.07) is 16.0. The molecule has 0 spiro atoms. The van der Waals surface area contributed by atoms with Crippen LogP contribution >= 0.6 is 0 Å². The number of benzene rings is 2. The summed E-state index contributed by atoms with van der Waals surface area (Å²) in [5, 5.41) is 4.57. The number of piperidine rings is 1. The van der Waals surface area contributed by atoms with Crippen LogP contribution in [0.1, 0.15) is 60.3 Å². The minimum atomic E-state index is -0.0811. The number of H-pyrrole nitrogens is 1. The molecule has 2 aromatic carbocycles. The molecule has 7 heteroatoms. The summed E-state index contributed by atoms with van der Waals surface area (Å²) >= 11 is 0. The predicted octanol–water partition coefficient (Wildman–Crippen LogP) is 4.42.